The largest absolute Gasteiger partial charge is 0.416 e. The van der Waals surface area contributed by atoms with Gasteiger partial charge in [-0.25, -0.2) is 4.79 Å². The molecule has 0 saturated carbocycles. The number of piperidine rings is 1. The van der Waals surface area contributed by atoms with Gasteiger partial charge in [0.1, 0.15) is 6.04 Å². The maximum Gasteiger partial charge on any atom is 0.416 e. The normalized spacial score (nSPS) is 21.9. The molecule has 0 radical (unpaired) electrons. The van der Waals surface area contributed by atoms with E-state index in [4.69, 9.17) is 0 Å². The summed E-state index contributed by atoms with van der Waals surface area (Å²) in [7, 11) is 3.81. The molecule has 1 N–H and O–H groups in total. The summed E-state index contributed by atoms with van der Waals surface area (Å²) in [4.78, 5) is 47.8. The molecule has 1 saturated heterocycles. The lowest BCUT2D eigenvalue weighted by Gasteiger charge is -2.39. The molecule has 0 spiro atoms. The van der Waals surface area contributed by atoms with Gasteiger partial charge in [-0.05, 0) is 63.9 Å². The second-order valence-corrected chi connectivity index (χ2v) is 11.1. The summed E-state index contributed by atoms with van der Waals surface area (Å²) in [6, 6.07) is 2.40. The van der Waals surface area contributed by atoms with E-state index in [0.29, 0.717) is 12.1 Å². The third-order valence-electron chi connectivity index (χ3n) is 8.08. The molecule has 0 aromatic heterocycles. The summed E-state index contributed by atoms with van der Waals surface area (Å²) in [5.74, 6) is -0.610. The number of amides is 4. The molecule has 1 aromatic carbocycles. The maximum absolute atomic E-state index is 14.1. The third-order valence-corrected chi connectivity index (χ3v) is 8.08. The van der Waals surface area contributed by atoms with Crippen LogP contribution in [0.3, 0.4) is 0 Å². The first kappa shape index (κ1) is 28.9. The molecule has 4 rings (SSSR count). The van der Waals surface area contributed by atoms with Crippen molar-refractivity contribution >= 4 is 17.8 Å². The first-order valence-electron chi connectivity index (χ1n) is 13.6. The van der Waals surface area contributed by atoms with Gasteiger partial charge in [-0.15, -0.1) is 0 Å². The lowest BCUT2D eigenvalue weighted by molar-refractivity contribution is -0.144. The average molecular weight is 550 g/mol. The Morgan fingerprint density at radius 1 is 1.15 bits per heavy atom. The smallest absolute Gasteiger partial charge is 0.341 e. The van der Waals surface area contributed by atoms with E-state index in [2.05, 4.69) is 10.2 Å². The van der Waals surface area contributed by atoms with Crippen LogP contribution in [0.2, 0.25) is 0 Å². The standard InChI is InChI=1S/C28H38F3N5O3/c1-6-35-22-16-36(21(15-17(2)3)25(37)34(5)18-11-13-33(4)14-12-18)26(38)23(22)24(32-27(35)39)19-9-7-8-10-20(19)28(29,30)31/h7-10,17-18,21,24H,6,11-16H2,1-5H3,(H,32,39)/t21-,24-/m0/s1. The Kier molecular flexibility index (Phi) is 8.30. The molecule has 1 fully saturated rings. The number of benzene rings is 1. The first-order valence-corrected chi connectivity index (χ1v) is 13.6. The molecule has 1 aromatic rings. The Morgan fingerprint density at radius 2 is 1.79 bits per heavy atom. The number of nitrogens with one attached hydrogen (secondary N) is 1. The molecule has 214 valence electrons. The molecule has 3 heterocycles. The second kappa shape index (κ2) is 11.2. The van der Waals surface area contributed by atoms with Crippen molar-refractivity contribution in [2.24, 2.45) is 5.92 Å². The van der Waals surface area contributed by atoms with Crippen molar-refractivity contribution in [3.63, 3.8) is 0 Å². The Labute approximate surface area is 227 Å². The molecule has 3 aliphatic heterocycles. The number of halogens is 3. The van der Waals surface area contributed by atoms with E-state index >= 15 is 0 Å². The van der Waals surface area contributed by atoms with Crippen molar-refractivity contribution in [1.29, 1.82) is 0 Å². The number of urea groups is 1. The zero-order chi connectivity index (χ0) is 28.6. The predicted molar refractivity (Wildman–Crippen MR) is 140 cm³/mol. The number of alkyl halides is 3. The molecule has 0 unspecified atom stereocenters. The van der Waals surface area contributed by atoms with Crippen LogP contribution < -0.4 is 5.32 Å². The van der Waals surface area contributed by atoms with Crippen LogP contribution in [0.4, 0.5) is 18.0 Å². The molecule has 8 nitrogen and oxygen atoms in total. The van der Waals surface area contributed by atoms with Gasteiger partial charge in [-0.1, -0.05) is 32.0 Å². The summed E-state index contributed by atoms with van der Waals surface area (Å²) in [5, 5.41) is 2.64. The van der Waals surface area contributed by atoms with Crippen LogP contribution in [0.15, 0.2) is 35.5 Å². The molecular weight excluding hydrogens is 511 g/mol. The van der Waals surface area contributed by atoms with Crippen LogP contribution in [-0.4, -0.2) is 89.8 Å². The minimum atomic E-state index is -4.67. The highest BCUT2D eigenvalue weighted by molar-refractivity contribution is 6.03. The van der Waals surface area contributed by atoms with Crippen LogP contribution in [0, 0.1) is 5.92 Å². The van der Waals surface area contributed by atoms with Gasteiger partial charge in [-0.2, -0.15) is 13.2 Å². The number of carbonyl (C=O) groups excluding carboxylic acids is 3. The van der Waals surface area contributed by atoms with Crippen molar-refractivity contribution in [3.05, 3.63) is 46.7 Å². The van der Waals surface area contributed by atoms with E-state index in [0.717, 1.165) is 32.0 Å². The van der Waals surface area contributed by atoms with Crippen molar-refractivity contribution in [3.8, 4) is 0 Å². The molecule has 11 heteroatoms. The number of likely N-dealkylation sites (N-methyl/N-ethyl adjacent to an activating group) is 2. The van der Waals surface area contributed by atoms with Gasteiger partial charge < -0.3 is 20.0 Å². The summed E-state index contributed by atoms with van der Waals surface area (Å²) >= 11 is 0. The van der Waals surface area contributed by atoms with Gasteiger partial charge >= 0.3 is 12.2 Å². The van der Waals surface area contributed by atoms with E-state index < -0.39 is 35.8 Å². The van der Waals surface area contributed by atoms with Crippen LogP contribution >= 0.6 is 0 Å². The Hall–Kier alpha value is -3.08. The van der Waals surface area contributed by atoms with Crippen molar-refractivity contribution < 1.29 is 27.6 Å². The van der Waals surface area contributed by atoms with Gasteiger partial charge in [0.25, 0.3) is 5.91 Å². The lowest BCUT2D eigenvalue weighted by atomic mass is 9.91. The van der Waals surface area contributed by atoms with Gasteiger partial charge in [-0.3, -0.25) is 14.5 Å². The Morgan fingerprint density at radius 3 is 2.38 bits per heavy atom. The minimum absolute atomic E-state index is 0.00944. The van der Waals surface area contributed by atoms with Crippen molar-refractivity contribution in [2.45, 2.75) is 64.3 Å². The van der Waals surface area contributed by atoms with Gasteiger partial charge in [0.2, 0.25) is 5.91 Å². The lowest BCUT2D eigenvalue weighted by Crippen LogP contribution is -2.53. The van der Waals surface area contributed by atoms with E-state index in [-0.39, 0.29) is 42.1 Å². The summed E-state index contributed by atoms with van der Waals surface area (Å²) < 4.78 is 41.8. The second-order valence-electron chi connectivity index (χ2n) is 11.1. The fourth-order valence-corrected chi connectivity index (χ4v) is 5.94. The molecule has 2 atom stereocenters. The molecule has 3 aliphatic rings. The number of likely N-dealkylation sites (tertiary alicyclic amines) is 1. The molecule has 39 heavy (non-hydrogen) atoms. The summed E-state index contributed by atoms with van der Waals surface area (Å²) in [5.41, 5.74) is -0.643. The van der Waals surface area contributed by atoms with Crippen LogP contribution in [0.5, 0.6) is 0 Å². The number of hydrogen-bond donors (Lipinski definition) is 1. The van der Waals surface area contributed by atoms with Crippen LogP contribution in [-0.2, 0) is 15.8 Å². The maximum atomic E-state index is 14.1. The highest BCUT2D eigenvalue weighted by atomic mass is 19.4. The predicted octanol–water partition coefficient (Wildman–Crippen LogP) is 3.86. The van der Waals surface area contributed by atoms with E-state index in [1.807, 2.05) is 20.9 Å². The first-order chi connectivity index (χ1) is 18.3. The van der Waals surface area contributed by atoms with Crippen molar-refractivity contribution in [1.82, 2.24) is 24.9 Å². The van der Waals surface area contributed by atoms with Crippen LogP contribution in [0.1, 0.15) is 57.2 Å². The molecule has 0 bridgehead atoms. The Balaban J connectivity index is 1.71. The molecule has 0 aliphatic carbocycles. The fourth-order valence-electron chi connectivity index (χ4n) is 5.94. The number of hydrogen-bond acceptors (Lipinski definition) is 4. The topological polar surface area (TPSA) is 76.2 Å². The quantitative estimate of drug-likeness (QED) is 0.561. The summed E-state index contributed by atoms with van der Waals surface area (Å²) in [6.07, 6.45) is -2.61. The van der Waals surface area contributed by atoms with Gasteiger partial charge in [0.05, 0.1) is 29.4 Å². The number of carbonyl (C=O) groups is 3. The van der Waals surface area contributed by atoms with Crippen molar-refractivity contribution in [2.75, 3.05) is 40.3 Å². The SMILES string of the molecule is CCN1C(=O)N[C@@H](c2ccccc2C(F)(F)F)C2=C1CN([C@@H](CC(C)C)C(=O)N(C)C1CCN(C)CC1)C2=O. The molecule has 4 amide bonds. The third kappa shape index (κ3) is 5.64. The number of rotatable bonds is 7. The highest BCUT2D eigenvalue weighted by Crippen LogP contribution is 2.42. The number of nitrogens with zero attached hydrogens (tertiary/aromatic N) is 4. The fraction of sp³-hybridized carbons (Fsp3) is 0.607. The Bertz CT molecular complexity index is 1140. The van der Waals surface area contributed by atoms with E-state index in [1.165, 1.54) is 28.0 Å². The highest BCUT2D eigenvalue weighted by Gasteiger charge is 2.49. The zero-order valence-corrected chi connectivity index (χ0v) is 23.2. The zero-order valence-electron chi connectivity index (χ0n) is 23.2. The van der Waals surface area contributed by atoms with Crippen LogP contribution in [0.25, 0.3) is 0 Å². The summed E-state index contributed by atoms with van der Waals surface area (Å²) in [6.45, 7) is 7.64. The van der Waals surface area contributed by atoms with Gasteiger partial charge in [0, 0.05) is 19.6 Å². The molecular formula is C28H38F3N5O3. The van der Waals surface area contributed by atoms with E-state index in [1.54, 1.807) is 18.9 Å². The average Bonchev–Trinajstić information content (AvgIpc) is 3.22. The minimum Gasteiger partial charge on any atom is -0.341 e. The monoisotopic (exact) mass is 549 g/mol. The van der Waals surface area contributed by atoms with E-state index in [9.17, 15) is 27.6 Å². The van der Waals surface area contributed by atoms with Gasteiger partial charge in [0.15, 0.2) is 0 Å².